The lowest BCUT2D eigenvalue weighted by Gasteiger charge is -2.34. The smallest absolute Gasteiger partial charge is 0.00815 e. The highest BCUT2D eigenvalue weighted by molar-refractivity contribution is 5.18. The van der Waals surface area contributed by atoms with Crippen molar-refractivity contribution in [3.63, 3.8) is 0 Å². The van der Waals surface area contributed by atoms with E-state index in [1.165, 1.54) is 38.5 Å². The molecule has 0 aromatic carbocycles. The summed E-state index contributed by atoms with van der Waals surface area (Å²) in [5.74, 6) is 3.01. The molecule has 3 aliphatic rings. The van der Waals surface area contributed by atoms with E-state index in [-0.39, 0.29) is 0 Å². The summed E-state index contributed by atoms with van der Waals surface area (Å²) in [5.41, 5.74) is 0.681. The number of allylic oxidation sites excluding steroid dienone is 2. The normalized spacial score (nSPS) is 53.5. The molecule has 3 aliphatic carbocycles. The van der Waals surface area contributed by atoms with Gasteiger partial charge in [-0.2, -0.15) is 0 Å². The van der Waals surface area contributed by atoms with E-state index in [1.54, 1.807) is 0 Å². The lowest BCUT2D eigenvalue weighted by Crippen LogP contribution is -2.26. The molecule has 3 rings (SSSR count). The SMILES string of the molecule is CC1CCCC1C12C=CC(CC1)C2. The van der Waals surface area contributed by atoms with Crippen LogP contribution in [-0.2, 0) is 0 Å². The van der Waals surface area contributed by atoms with Crippen molar-refractivity contribution >= 4 is 0 Å². The Balaban J connectivity index is 1.87. The van der Waals surface area contributed by atoms with Gasteiger partial charge in [-0.3, -0.25) is 0 Å². The summed E-state index contributed by atoms with van der Waals surface area (Å²) in [4.78, 5) is 0. The third kappa shape index (κ3) is 1.04. The van der Waals surface area contributed by atoms with Crippen molar-refractivity contribution in [1.82, 2.24) is 0 Å². The quantitative estimate of drug-likeness (QED) is 0.533. The van der Waals surface area contributed by atoms with Crippen LogP contribution in [0.2, 0.25) is 0 Å². The molecular formula is C13H20. The van der Waals surface area contributed by atoms with Crippen LogP contribution in [0.5, 0.6) is 0 Å². The predicted molar refractivity (Wildman–Crippen MR) is 55.4 cm³/mol. The van der Waals surface area contributed by atoms with Gasteiger partial charge in [-0.15, -0.1) is 0 Å². The Morgan fingerprint density at radius 2 is 2.15 bits per heavy atom. The van der Waals surface area contributed by atoms with E-state index in [4.69, 9.17) is 0 Å². The van der Waals surface area contributed by atoms with Gasteiger partial charge >= 0.3 is 0 Å². The van der Waals surface area contributed by atoms with Crippen molar-refractivity contribution in [2.45, 2.75) is 45.4 Å². The third-order valence-corrected chi connectivity index (χ3v) is 4.92. The van der Waals surface area contributed by atoms with Crippen molar-refractivity contribution in [3.8, 4) is 0 Å². The fourth-order valence-corrected chi connectivity index (χ4v) is 4.25. The van der Waals surface area contributed by atoms with E-state index < -0.39 is 0 Å². The highest BCUT2D eigenvalue weighted by Crippen LogP contribution is 2.58. The number of rotatable bonds is 1. The Labute approximate surface area is 81.4 Å². The van der Waals surface area contributed by atoms with Crippen LogP contribution in [-0.4, -0.2) is 0 Å². The molecule has 2 saturated carbocycles. The highest BCUT2D eigenvalue weighted by atomic mass is 14.5. The van der Waals surface area contributed by atoms with Gasteiger partial charge in [-0.1, -0.05) is 31.9 Å². The Morgan fingerprint density at radius 3 is 2.62 bits per heavy atom. The molecule has 0 heteroatoms. The van der Waals surface area contributed by atoms with Crippen molar-refractivity contribution in [3.05, 3.63) is 12.2 Å². The molecule has 2 fully saturated rings. The summed E-state index contributed by atoms with van der Waals surface area (Å²) in [6.07, 6.45) is 14.1. The molecular weight excluding hydrogens is 156 g/mol. The maximum absolute atomic E-state index is 2.59. The molecule has 0 aliphatic heterocycles. The van der Waals surface area contributed by atoms with Crippen LogP contribution in [0, 0.1) is 23.2 Å². The first-order valence-corrected chi connectivity index (χ1v) is 5.99. The molecule has 0 spiro atoms. The van der Waals surface area contributed by atoms with Gasteiger partial charge in [0.25, 0.3) is 0 Å². The van der Waals surface area contributed by atoms with Gasteiger partial charge < -0.3 is 0 Å². The van der Waals surface area contributed by atoms with E-state index >= 15 is 0 Å². The zero-order valence-corrected chi connectivity index (χ0v) is 8.63. The minimum Gasteiger partial charge on any atom is -0.0848 e. The van der Waals surface area contributed by atoms with E-state index in [0.717, 1.165) is 17.8 Å². The van der Waals surface area contributed by atoms with Crippen molar-refractivity contribution in [1.29, 1.82) is 0 Å². The van der Waals surface area contributed by atoms with Gasteiger partial charge in [0.15, 0.2) is 0 Å². The molecule has 2 bridgehead atoms. The molecule has 72 valence electrons. The molecule has 0 heterocycles. The summed E-state index contributed by atoms with van der Waals surface area (Å²) in [5, 5.41) is 0. The van der Waals surface area contributed by atoms with E-state index in [9.17, 15) is 0 Å². The molecule has 0 N–H and O–H groups in total. The number of hydrogen-bond donors (Lipinski definition) is 0. The Bertz CT molecular complexity index is 240. The average molecular weight is 176 g/mol. The summed E-state index contributed by atoms with van der Waals surface area (Å²) in [7, 11) is 0. The number of fused-ring (bicyclic) bond motifs is 2. The highest BCUT2D eigenvalue weighted by Gasteiger charge is 2.48. The first-order valence-electron chi connectivity index (χ1n) is 5.99. The average Bonchev–Trinajstić information content (AvgIpc) is 2.77. The summed E-state index contributed by atoms with van der Waals surface area (Å²) < 4.78 is 0. The van der Waals surface area contributed by atoms with Gasteiger partial charge in [0.05, 0.1) is 0 Å². The van der Waals surface area contributed by atoms with E-state index in [1.807, 2.05) is 0 Å². The topological polar surface area (TPSA) is 0 Å². The standard InChI is InChI=1S/C13H20/c1-10-3-2-4-12(10)13-7-5-11(9-13)6-8-13/h5,7,10-12H,2-4,6,8-9H2,1H3. The van der Waals surface area contributed by atoms with Crippen LogP contribution >= 0.6 is 0 Å². The molecule has 0 radical (unpaired) electrons. The minimum atomic E-state index is 0.681. The Hall–Kier alpha value is -0.260. The molecule has 0 aromatic heterocycles. The van der Waals surface area contributed by atoms with Crippen LogP contribution < -0.4 is 0 Å². The predicted octanol–water partition coefficient (Wildman–Crippen LogP) is 3.78. The lowest BCUT2D eigenvalue weighted by atomic mass is 9.71. The van der Waals surface area contributed by atoms with E-state index in [2.05, 4.69) is 19.1 Å². The summed E-state index contributed by atoms with van der Waals surface area (Å²) >= 11 is 0. The largest absolute Gasteiger partial charge is 0.0848 e. The fraction of sp³-hybridized carbons (Fsp3) is 0.846. The Morgan fingerprint density at radius 1 is 1.23 bits per heavy atom. The zero-order valence-electron chi connectivity index (χ0n) is 8.63. The maximum Gasteiger partial charge on any atom is -0.00815 e. The van der Waals surface area contributed by atoms with Crippen molar-refractivity contribution in [2.75, 3.05) is 0 Å². The van der Waals surface area contributed by atoms with Gasteiger partial charge in [-0.05, 0) is 48.9 Å². The molecule has 13 heavy (non-hydrogen) atoms. The second kappa shape index (κ2) is 2.62. The lowest BCUT2D eigenvalue weighted by molar-refractivity contribution is 0.196. The van der Waals surface area contributed by atoms with Crippen LogP contribution in [0.1, 0.15) is 45.4 Å². The summed E-state index contributed by atoms with van der Waals surface area (Å²) in [6, 6.07) is 0. The molecule has 4 atom stereocenters. The third-order valence-electron chi connectivity index (χ3n) is 4.92. The molecule has 0 amide bonds. The molecule has 0 aromatic rings. The van der Waals surface area contributed by atoms with Gasteiger partial charge in [0, 0.05) is 0 Å². The minimum absolute atomic E-state index is 0.681. The molecule has 0 nitrogen and oxygen atoms in total. The fourth-order valence-electron chi connectivity index (χ4n) is 4.25. The van der Waals surface area contributed by atoms with Crippen molar-refractivity contribution in [2.24, 2.45) is 23.2 Å². The van der Waals surface area contributed by atoms with Crippen LogP contribution in [0.25, 0.3) is 0 Å². The van der Waals surface area contributed by atoms with Crippen LogP contribution in [0.3, 0.4) is 0 Å². The monoisotopic (exact) mass is 176 g/mol. The first kappa shape index (κ1) is 8.08. The van der Waals surface area contributed by atoms with Gasteiger partial charge in [0.1, 0.15) is 0 Å². The van der Waals surface area contributed by atoms with Crippen molar-refractivity contribution < 1.29 is 0 Å². The maximum atomic E-state index is 2.59. The summed E-state index contributed by atoms with van der Waals surface area (Å²) in [6.45, 7) is 2.48. The second-order valence-electron chi connectivity index (χ2n) is 5.61. The van der Waals surface area contributed by atoms with Gasteiger partial charge in [0.2, 0.25) is 0 Å². The molecule has 4 unspecified atom stereocenters. The Kier molecular flexibility index (Phi) is 1.63. The zero-order chi connectivity index (χ0) is 8.89. The van der Waals surface area contributed by atoms with Crippen LogP contribution in [0.4, 0.5) is 0 Å². The van der Waals surface area contributed by atoms with E-state index in [0.29, 0.717) is 5.41 Å². The molecule has 0 saturated heterocycles. The van der Waals surface area contributed by atoms with Gasteiger partial charge in [-0.25, -0.2) is 0 Å². The van der Waals surface area contributed by atoms with Crippen LogP contribution in [0.15, 0.2) is 12.2 Å². The first-order chi connectivity index (χ1) is 6.30. The second-order valence-corrected chi connectivity index (χ2v) is 5.61. The number of hydrogen-bond acceptors (Lipinski definition) is 0.